The molecule has 0 saturated heterocycles. The third-order valence-electron chi connectivity index (χ3n) is 5.53. The second-order valence-corrected chi connectivity index (χ2v) is 7.94. The number of nitrogens with one attached hydrogen (secondary N) is 2. The number of pyridine rings is 1. The highest BCUT2D eigenvalue weighted by molar-refractivity contribution is 6.06. The Balaban J connectivity index is 1.38. The van der Waals surface area contributed by atoms with Gasteiger partial charge in [0.25, 0.3) is 11.8 Å². The zero-order valence-corrected chi connectivity index (χ0v) is 19.9. The largest absolute Gasteiger partial charge is 0.445 e. The number of imide groups is 1. The number of hydrogen-bond acceptors (Lipinski definition) is 7. The van der Waals surface area contributed by atoms with Crippen molar-refractivity contribution in [2.75, 3.05) is 20.6 Å². The maximum Gasteiger partial charge on any atom is 0.323 e. The van der Waals surface area contributed by atoms with E-state index in [9.17, 15) is 18.8 Å². The highest BCUT2D eigenvalue weighted by atomic mass is 19.1. The number of benzene rings is 1. The van der Waals surface area contributed by atoms with Gasteiger partial charge < -0.3 is 15.1 Å². The van der Waals surface area contributed by atoms with Crippen LogP contribution >= 0.6 is 0 Å². The van der Waals surface area contributed by atoms with Gasteiger partial charge >= 0.3 is 6.03 Å². The molecule has 0 aliphatic carbocycles. The fourth-order valence-corrected chi connectivity index (χ4v) is 3.62. The lowest BCUT2D eigenvalue weighted by Crippen LogP contribution is -2.39. The van der Waals surface area contributed by atoms with Gasteiger partial charge in [-0.25, -0.2) is 18.9 Å². The number of urea groups is 1. The highest BCUT2D eigenvalue weighted by Crippen LogP contribution is 2.21. The molecule has 0 aliphatic heterocycles. The van der Waals surface area contributed by atoms with Crippen molar-refractivity contribution in [3.63, 3.8) is 0 Å². The van der Waals surface area contributed by atoms with E-state index in [0.717, 1.165) is 4.90 Å². The summed E-state index contributed by atoms with van der Waals surface area (Å²) < 4.78 is 20.4. The van der Waals surface area contributed by atoms with Crippen LogP contribution < -0.4 is 10.6 Å². The van der Waals surface area contributed by atoms with E-state index in [0.29, 0.717) is 53.2 Å². The number of halogens is 1. The monoisotopic (exact) mass is 493 g/mol. The lowest BCUT2D eigenvalue weighted by molar-refractivity contribution is 0.0825. The minimum absolute atomic E-state index is 0.0658. The SMILES string of the molecule is CNC(=O)N(C)C(=O)c1nc(CCCNC(=O)c2cncc3c2cnn3-c2ccc(F)cc2)oc1C. The van der Waals surface area contributed by atoms with Gasteiger partial charge in [-0.05, 0) is 37.6 Å². The lowest BCUT2D eigenvalue weighted by atomic mass is 10.1. The predicted octanol–water partition coefficient (Wildman–Crippen LogP) is 2.63. The van der Waals surface area contributed by atoms with Gasteiger partial charge in [-0.2, -0.15) is 5.10 Å². The maximum absolute atomic E-state index is 13.3. The van der Waals surface area contributed by atoms with E-state index in [1.54, 1.807) is 36.1 Å². The number of aryl methyl sites for hydroxylation is 2. The van der Waals surface area contributed by atoms with Crippen LogP contribution in [0.5, 0.6) is 0 Å². The second-order valence-electron chi connectivity index (χ2n) is 7.94. The third kappa shape index (κ3) is 4.92. The molecule has 0 bridgehead atoms. The molecule has 11 nitrogen and oxygen atoms in total. The molecule has 0 unspecified atom stereocenters. The van der Waals surface area contributed by atoms with E-state index >= 15 is 0 Å². The molecule has 0 saturated carbocycles. The molecule has 186 valence electrons. The summed E-state index contributed by atoms with van der Waals surface area (Å²) in [6, 6.07) is 5.30. The molecule has 4 rings (SSSR count). The molecule has 2 N–H and O–H groups in total. The Hall–Kier alpha value is -4.61. The summed E-state index contributed by atoms with van der Waals surface area (Å²) in [6.45, 7) is 1.92. The molecule has 0 fully saturated rings. The number of carbonyl (C=O) groups excluding carboxylic acids is 3. The summed E-state index contributed by atoms with van der Waals surface area (Å²) >= 11 is 0. The van der Waals surface area contributed by atoms with E-state index in [2.05, 4.69) is 25.7 Å². The number of oxazole rings is 1. The summed E-state index contributed by atoms with van der Waals surface area (Å²) in [5.74, 6) is -0.604. The van der Waals surface area contributed by atoms with Gasteiger partial charge in [0.1, 0.15) is 11.6 Å². The minimum atomic E-state index is -0.572. The predicted molar refractivity (Wildman–Crippen MR) is 127 cm³/mol. The summed E-state index contributed by atoms with van der Waals surface area (Å²) in [6.07, 6.45) is 5.51. The molecular formula is C24H24FN7O4. The number of amides is 4. The average molecular weight is 493 g/mol. The molecule has 4 amide bonds. The van der Waals surface area contributed by atoms with Crippen molar-refractivity contribution in [1.82, 2.24) is 35.3 Å². The Bertz CT molecular complexity index is 1430. The molecule has 36 heavy (non-hydrogen) atoms. The van der Waals surface area contributed by atoms with Crippen molar-refractivity contribution in [1.29, 1.82) is 0 Å². The molecule has 3 aromatic heterocycles. The Labute approximate surface area is 205 Å². The van der Waals surface area contributed by atoms with Crippen molar-refractivity contribution >= 4 is 28.7 Å². The first-order valence-electron chi connectivity index (χ1n) is 11.1. The quantitative estimate of drug-likeness (QED) is 0.378. The van der Waals surface area contributed by atoms with E-state index in [-0.39, 0.29) is 17.4 Å². The Morgan fingerprint density at radius 1 is 1.14 bits per heavy atom. The minimum Gasteiger partial charge on any atom is -0.445 e. The number of hydrogen-bond donors (Lipinski definition) is 2. The Morgan fingerprint density at radius 3 is 2.61 bits per heavy atom. The fourth-order valence-electron chi connectivity index (χ4n) is 3.62. The van der Waals surface area contributed by atoms with E-state index in [4.69, 9.17) is 4.42 Å². The molecule has 0 spiro atoms. The molecule has 0 radical (unpaired) electrons. The first-order chi connectivity index (χ1) is 17.3. The van der Waals surface area contributed by atoms with Crippen molar-refractivity contribution in [3.05, 3.63) is 71.6 Å². The Morgan fingerprint density at radius 2 is 1.89 bits per heavy atom. The van der Waals surface area contributed by atoms with Gasteiger partial charge in [-0.1, -0.05) is 0 Å². The number of carbonyl (C=O) groups is 3. The molecule has 3 heterocycles. The van der Waals surface area contributed by atoms with Crippen LogP contribution in [-0.4, -0.2) is 63.1 Å². The van der Waals surface area contributed by atoms with Gasteiger partial charge in [0.05, 0.1) is 29.2 Å². The molecule has 4 aromatic rings. The smallest absolute Gasteiger partial charge is 0.323 e. The van der Waals surface area contributed by atoms with E-state index in [1.807, 2.05) is 0 Å². The summed E-state index contributed by atoms with van der Waals surface area (Å²) in [4.78, 5) is 46.2. The summed E-state index contributed by atoms with van der Waals surface area (Å²) in [5.41, 5.74) is 1.68. The number of aromatic nitrogens is 4. The topological polar surface area (TPSA) is 135 Å². The van der Waals surface area contributed by atoms with Gasteiger partial charge in [-0.15, -0.1) is 0 Å². The Kier molecular flexibility index (Phi) is 7.04. The van der Waals surface area contributed by atoms with Crippen LogP contribution in [0, 0.1) is 12.7 Å². The van der Waals surface area contributed by atoms with Crippen LogP contribution in [0.15, 0.2) is 47.3 Å². The van der Waals surface area contributed by atoms with Crippen LogP contribution in [0.2, 0.25) is 0 Å². The van der Waals surface area contributed by atoms with Crippen LogP contribution in [0.1, 0.15) is 38.9 Å². The summed E-state index contributed by atoms with van der Waals surface area (Å²) in [7, 11) is 2.78. The molecule has 0 atom stereocenters. The zero-order chi connectivity index (χ0) is 25.8. The molecule has 12 heteroatoms. The standard InChI is InChI=1S/C24H24FN7O4/c1-14-21(23(34)31(3)24(35)26-2)30-20(36-14)5-4-10-28-22(33)18-11-27-13-19-17(18)12-29-32(19)16-8-6-15(25)7-9-16/h6-9,11-13H,4-5,10H2,1-3H3,(H,26,35)(H,28,33). The van der Waals surface area contributed by atoms with Gasteiger partial charge in [0.2, 0.25) is 0 Å². The van der Waals surface area contributed by atoms with Gasteiger partial charge in [0.15, 0.2) is 11.6 Å². The van der Waals surface area contributed by atoms with Crippen LogP contribution in [-0.2, 0) is 6.42 Å². The van der Waals surface area contributed by atoms with E-state index in [1.165, 1.54) is 32.4 Å². The molecule has 0 aliphatic rings. The number of fused-ring (bicyclic) bond motifs is 1. The third-order valence-corrected chi connectivity index (χ3v) is 5.53. The maximum atomic E-state index is 13.3. The van der Waals surface area contributed by atoms with Gasteiger partial charge in [0, 0.05) is 38.6 Å². The first kappa shape index (κ1) is 24.5. The van der Waals surface area contributed by atoms with Gasteiger partial charge in [-0.3, -0.25) is 19.5 Å². The molecule has 1 aromatic carbocycles. The normalized spacial score (nSPS) is 10.9. The average Bonchev–Trinajstić information content (AvgIpc) is 3.48. The fraction of sp³-hybridized carbons (Fsp3) is 0.250. The summed E-state index contributed by atoms with van der Waals surface area (Å²) in [5, 5.41) is 10.1. The van der Waals surface area contributed by atoms with E-state index < -0.39 is 11.9 Å². The van der Waals surface area contributed by atoms with Crippen molar-refractivity contribution in [2.45, 2.75) is 19.8 Å². The first-order valence-corrected chi connectivity index (χ1v) is 11.1. The zero-order valence-electron chi connectivity index (χ0n) is 19.9. The second kappa shape index (κ2) is 10.3. The van der Waals surface area contributed by atoms with Crippen molar-refractivity contribution in [2.24, 2.45) is 0 Å². The van der Waals surface area contributed by atoms with Crippen LogP contribution in [0.4, 0.5) is 9.18 Å². The van der Waals surface area contributed by atoms with Crippen molar-refractivity contribution in [3.8, 4) is 5.69 Å². The number of rotatable bonds is 7. The molecular weight excluding hydrogens is 469 g/mol. The number of nitrogens with zero attached hydrogens (tertiary/aromatic N) is 5. The van der Waals surface area contributed by atoms with Crippen LogP contribution in [0.3, 0.4) is 0 Å². The lowest BCUT2D eigenvalue weighted by Gasteiger charge is -2.12. The highest BCUT2D eigenvalue weighted by Gasteiger charge is 2.24. The van der Waals surface area contributed by atoms with Crippen LogP contribution in [0.25, 0.3) is 16.6 Å². The van der Waals surface area contributed by atoms with Crippen molar-refractivity contribution < 1.29 is 23.2 Å².